The summed E-state index contributed by atoms with van der Waals surface area (Å²) in [4.78, 5) is 20.0. The van der Waals surface area contributed by atoms with Crippen molar-refractivity contribution in [3.05, 3.63) is 48.2 Å². The highest BCUT2D eigenvalue weighted by Crippen LogP contribution is 2.39. The highest BCUT2D eigenvalue weighted by molar-refractivity contribution is 5.99. The average molecular weight is 365 g/mol. The molecule has 27 heavy (non-hydrogen) atoms. The van der Waals surface area contributed by atoms with Crippen LogP contribution < -0.4 is 10.2 Å². The van der Waals surface area contributed by atoms with Crippen molar-refractivity contribution in [2.45, 2.75) is 45.8 Å². The highest BCUT2D eigenvalue weighted by atomic mass is 16.3. The topological polar surface area (TPSA) is 65.5 Å². The Hall–Kier alpha value is -2.40. The number of anilines is 3. The van der Waals surface area contributed by atoms with Gasteiger partial charge in [0, 0.05) is 17.7 Å². The van der Waals surface area contributed by atoms with Crippen LogP contribution in [0.25, 0.3) is 0 Å². The van der Waals surface area contributed by atoms with Gasteiger partial charge in [-0.2, -0.15) is 0 Å². The number of benzene rings is 1. The van der Waals surface area contributed by atoms with Gasteiger partial charge < -0.3 is 15.3 Å². The van der Waals surface area contributed by atoms with Gasteiger partial charge in [-0.3, -0.25) is 4.79 Å². The lowest BCUT2D eigenvalue weighted by molar-refractivity contribution is -0.124. The van der Waals surface area contributed by atoms with Gasteiger partial charge in [-0.1, -0.05) is 32.0 Å². The number of fused-ring (bicyclic) bond motifs is 2. The molecule has 2 heterocycles. The van der Waals surface area contributed by atoms with E-state index < -0.39 is 0 Å². The molecule has 2 aromatic rings. The van der Waals surface area contributed by atoms with Crippen molar-refractivity contribution >= 4 is 23.1 Å². The molecule has 2 unspecified atom stereocenters. The van der Waals surface area contributed by atoms with E-state index in [-0.39, 0.29) is 29.8 Å². The predicted octanol–water partition coefficient (Wildman–Crippen LogP) is 4.11. The van der Waals surface area contributed by atoms with Gasteiger partial charge in [0.25, 0.3) is 0 Å². The third-order valence-corrected chi connectivity index (χ3v) is 6.14. The van der Waals surface area contributed by atoms with Crippen molar-refractivity contribution < 1.29 is 9.90 Å². The summed E-state index contributed by atoms with van der Waals surface area (Å²) in [6.07, 6.45) is 3.84. The highest BCUT2D eigenvalue weighted by Gasteiger charge is 2.37. The molecular weight excluding hydrogens is 338 g/mol. The zero-order valence-corrected chi connectivity index (χ0v) is 15.9. The number of aromatic nitrogens is 1. The molecule has 0 spiro atoms. The average Bonchev–Trinajstić information content (AvgIpc) is 2.93. The molecule has 1 aliphatic heterocycles. The predicted molar refractivity (Wildman–Crippen MR) is 107 cm³/mol. The first kappa shape index (κ1) is 18.0. The molecular formula is C22H27N3O2. The Morgan fingerprint density at radius 3 is 2.81 bits per heavy atom. The molecule has 2 N–H and O–H groups in total. The number of rotatable bonds is 1. The van der Waals surface area contributed by atoms with E-state index in [0.717, 1.165) is 42.0 Å². The molecule has 1 aromatic carbocycles. The molecule has 2 aliphatic rings. The standard InChI is InChI=1S/C22H27N3O2/c1-14-9-10-20(26)15(2)12-17(14)22(27)25-13-16-6-5-11-23-21(16)24-18-7-3-4-8-19(18)25/h3-8,11,14-15,17,20,26H,9-10,12-13H2,1-2H3,(H,23,24)/t14-,15-,17?,20?/m1/s1. The Morgan fingerprint density at radius 2 is 1.96 bits per heavy atom. The monoisotopic (exact) mass is 365 g/mol. The molecule has 5 heteroatoms. The zero-order chi connectivity index (χ0) is 19.0. The van der Waals surface area contributed by atoms with E-state index in [0.29, 0.717) is 6.54 Å². The van der Waals surface area contributed by atoms with E-state index in [1.165, 1.54) is 0 Å². The smallest absolute Gasteiger partial charge is 0.230 e. The van der Waals surface area contributed by atoms with Crippen molar-refractivity contribution in [1.29, 1.82) is 0 Å². The fourth-order valence-corrected chi connectivity index (χ4v) is 4.33. The summed E-state index contributed by atoms with van der Waals surface area (Å²) in [7, 11) is 0. The molecule has 1 fully saturated rings. The maximum atomic E-state index is 13.7. The van der Waals surface area contributed by atoms with Crippen molar-refractivity contribution in [2.75, 3.05) is 10.2 Å². The van der Waals surface area contributed by atoms with Gasteiger partial charge in [0.15, 0.2) is 0 Å². The number of nitrogens with one attached hydrogen (secondary N) is 1. The van der Waals surface area contributed by atoms with E-state index >= 15 is 0 Å². The second kappa shape index (κ2) is 7.31. The van der Waals surface area contributed by atoms with Crippen LogP contribution in [0, 0.1) is 17.8 Å². The van der Waals surface area contributed by atoms with E-state index in [4.69, 9.17) is 0 Å². The summed E-state index contributed by atoms with van der Waals surface area (Å²) in [6.45, 7) is 4.71. The first-order valence-corrected chi connectivity index (χ1v) is 9.84. The Morgan fingerprint density at radius 1 is 1.15 bits per heavy atom. The minimum atomic E-state index is -0.312. The quantitative estimate of drug-likeness (QED) is 0.747. The van der Waals surface area contributed by atoms with Gasteiger partial charge >= 0.3 is 0 Å². The van der Waals surface area contributed by atoms with Crippen LogP contribution >= 0.6 is 0 Å². The molecule has 4 rings (SSSR count). The van der Waals surface area contributed by atoms with Gasteiger partial charge in [-0.15, -0.1) is 0 Å². The van der Waals surface area contributed by atoms with Crippen LogP contribution in [0.1, 0.15) is 38.7 Å². The minimum absolute atomic E-state index is 0.0802. The molecule has 5 nitrogen and oxygen atoms in total. The molecule has 0 saturated heterocycles. The van der Waals surface area contributed by atoms with E-state index in [1.807, 2.05) is 41.3 Å². The van der Waals surface area contributed by atoms with Crippen LogP contribution in [0.4, 0.5) is 17.2 Å². The van der Waals surface area contributed by atoms with Gasteiger partial charge in [-0.05, 0) is 49.3 Å². The molecule has 1 aliphatic carbocycles. The maximum absolute atomic E-state index is 13.7. The SMILES string of the molecule is C[C@@H]1CC(C(=O)N2Cc3cccnc3Nc3ccccc32)[C@H](C)CCC1O. The number of pyridine rings is 1. The Balaban J connectivity index is 1.72. The number of carbonyl (C=O) groups excluding carboxylic acids is 1. The van der Waals surface area contributed by atoms with Crippen molar-refractivity contribution in [1.82, 2.24) is 4.98 Å². The third-order valence-electron chi connectivity index (χ3n) is 6.14. The van der Waals surface area contributed by atoms with Gasteiger partial charge in [-0.25, -0.2) is 4.98 Å². The number of nitrogens with zero attached hydrogens (tertiary/aromatic N) is 2. The number of para-hydroxylation sites is 2. The Kier molecular flexibility index (Phi) is 4.87. The van der Waals surface area contributed by atoms with Crippen LogP contribution in [-0.2, 0) is 11.3 Å². The van der Waals surface area contributed by atoms with Crippen LogP contribution in [-0.4, -0.2) is 22.1 Å². The minimum Gasteiger partial charge on any atom is -0.393 e. The molecule has 0 radical (unpaired) electrons. The number of amides is 1. The number of hydrogen-bond donors (Lipinski definition) is 2. The Labute approximate surface area is 160 Å². The van der Waals surface area contributed by atoms with E-state index in [9.17, 15) is 9.90 Å². The zero-order valence-electron chi connectivity index (χ0n) is 15.9. The molecule has 0 bridgehead atoms. The van der Waals surface area contributed by atoms with Crippen molar-refractivity contribution in [2.24, 2.45) is 17.8 Å². The first-order valence-electron chi connectivity index (χ1n) is 9.84. The van der Waals surface area contributed by atoms with Crippen molar-refractivity contribution in [3.63, 3.8) is 0 Å². The van der Waals surface area contributed by atoms with Crippen LogP contribution in [0.3, 0.4) is 0 Å². The summed E-state index contributed by atoms with van der Waals surface area (Å²) in [5.41, 5.74) is 2.80. The molecule has 142 valence electrons. The normalized spacial score (nSPS) is 27.6. The van der Waals surface area contributed by atoms with Crippen molar-refractivity contribution in [3.8, 4) is 0 Å². The fraction of sp³-hybridized carbons (Fsp3) is 0.455. The van der Waals surface area contributed by atoms with Gasteiger partial charge in [0.2, 0.25) is 5.91 Å². The lowest BCUT2D eigenvalue weighted by atomic mass is 9.85. The van der Waals surface area contributed by atoms with Gasteiger partial charge in [0.1, 0.15) is 5.82 Å². The summed E-state index contributed by atoms with van der Waals surface area (Å²) < 4.78 is 0. The molecule has 1 amide bonds. The number of aliphatic hydroxyl groups is 1. The molecule has 4 atom stereocenters. The van der Waals surface area contributed by atoms with E-state index in [2.05, 4.69) is 24.1 Å². The number of aliphatic hydroxyl groups excluding tert-OH is 1. The largest absolute Gasteiger partial charge is 0.393 e. The molecule has 1 saturated carbocycles. The van der Waals surface area contributed by atoms with Crippen LogP contribution in [0.15, 0.2) is 42.6 Å². The summed E-state index contributed by atoms with van der Waals surface area (Å²) >= 11 is 0. The second-order valence-electron chi connectivity index (χ2n) is 8.02. The summed E-state index contributed by atoms with van der Waals surface area (Å²) in [5.74, 6) is 1.27. The van der Waals surface area contributed by atoms with Crippen LogP contribution in [0.2, 0.25) is 0 Å². The lowest BCUT2D eigenvalue weighted by Gasteiger charge is -2.30. The summed E-state index contributed by atoms with van der Waals surface area (Å²) in [5, 5.41) is 13.7. The van der Waals surface area contributed by atoms with Gasteiger partial charge in [0.05, 0.1) is 24.0 Å². The number of carbonyl (C=O) groups is 1. The maximum Gasteiger partial charge on any atom is 0.230 e. The van der Waals surface area contributed by atoms with Crippen LogP contribution in [0.5, 0.6) is 0 Å². The molecule has 1 aromatic heterocycles. The lowest BCUT2D eigenvalue weighted by Crippen LogP contribution is -2.38. The fourth-order valence-electron chi connectivity index (χ4n) is 4.33. The summed E-state index contributed by atoms with van der Waals surface area (Å²) in [6, 6.07) is 11.8. The second-order valence-corrected chi connectivity index (χ2v) is 8.02. The number of hydrogen-bond acceptors (Lipinski definition) is 4. The first-order chi connectivity index (χ1) is 13.0. The Bertz CT molecular complexity index is 838. The van der Waals surface area contributed by atoms with E-state index in [1.54, 1.807) is 6.20 Å². The third kappa shape index (κ3) is 3.44.